The maximum absolute atomic E-state index is 11.9. The number of ketones is 1. The van der Waals surface area contributed by atoms with Crippen LogP contribution in [0, 0.1) is 0 Å². The Morgan fingerprint density at radius 2 is 1.69 bits per heavy atom. The van der Waals surface area contributed by atoms with Crippen molar-refractivity contribution >= 4 is 11.8 Å². The third kappa shape index (κ3) is 12.6. The van der Waals surface area contributed by atoms with E-state index in [9.17, 15) is 14.7 Å². The molecule has 0 aliphatic rings. The van der Waals surface area contributed by atoms with Gasteiger partial charge in [0.2, 0.25) is 0 Å². The Bertz CT molecular complexity index is 519. The van der Waals surface area contributed by atoms with Gasteiger partial charge in [-0.05, 0) is 43.9 Å². The van der Waals surface area contributed by atoms with E-state index in [0.29, 0.717) is 25.0 Å². The fourth-order valence-corrected chi connectivity index (χ4v) is 2.64. The summed E-state index contributed by atoms with van der Waals surface area (Å²) in [6, 6.07) is 7.24. The number of unbranched alkanes of at least 4 members (excludes halogenated alkanes) is 4. The maximum atomic E-state index is 11.9. The molecular formula is C21H33NaO4. The molecule has 0 heterocycles. The number of hydrogen-bond donors (Lipinski definition) is 1. The Morgan fingerprint density at radius 3 is 2.31 bits per heavy atom. The molecule has 0 saturated heterocycles. The van der Waals surface area contributed by atoms with Gasteiger partial charge in [-0.15, -0.1) is 0 Å². The minimum absolute atomic E-state index is 0. The van der Waals surface area contributed by atoms with Crippen molar-refractivity contribution in [3.63, 3.8) is 0 Å². The molecule has 0 saturated carbocycles. The fourth-order valence-electron chi connectivity index (χ4n) is 2.64. The van der Waals surface area contributed by atoms with Crippen LogP contribution in [0.4, 0.5) is 0 Å². The molecule has 1 aromatic carbocycles. The van der Waals surface area contributed by atoms with Gasteiger partial charge in [0, 0.05) is 12.8 Å². The number of aliphatic hydroxyl groups is 1. The predicted molar refractivity (Wildman–Crippen MR) is 101 cm³/mol. The maximum Gasteiger partial charge on any atom is 1.00 e. The zero-order valence-electron chi connectivity index (χ0n) is 17.6. The van der Waals surface area contributed by atoms with Crippen LogP contribution in [0.1, 0.15) is 78.6 Å². The van der Waals surface area contributed by atoms with Crippen molar-refractivity contribution in [3.8, 4) is 5.75 Å². The van der Waals surface area contributed by atoms with Crippen LogP contribution in [-0.2, 0) is 16.0 Å². The van der Waals surface area contributed by atoms with E-state index in [-0.39, 0.29) is 49.2 Å². The Labute approximate surface area is 181 Å². The number of Topliss-reactive ketones (excluding diaryl/α,β-unsaturated/α-hetero) is 1. The van der Waals surface area contributed by atoms with Gasteiger partial charge in [-0.2, -0.15) is 0 Å². The Kier molecular flexibility index (Phi) is 15.0. The molecule has 26 heavy (non-hydrogen) atoms. The molecule has 4 nitrogen and oxygen atoms in total. The molecule has 1 aromatic rings. The Morgan fingerprint density at radius 1 is 1.04 bits per heavy atom. The smallest absolute Gasteiger partial charge is 1.00 e. The quantitative estimate of drug-likeness (QED) is 0.248. The standard InChI is InChI=1S/C21H32O4.Na.H/c1-3-4-5-6-7-8-19(23)13-16-21(24)25-20-14-11-18(12-15-20)10-9-17(2)22;;/h11-12,14-15,19,23H,3-10,13,16H2,1-2H3;;/q;+1;-1. The third-order valence-electron chi connectivity index (χ3n) is 4.24. The van der Waals surface area contributed by atoms with Crippen molar-refractivity contribution in [1.29, 1.82) is 0 Å². The van der Waals surface area contributed by atoms with E-state index < -0.39 is 6.10 Å². The van der Waals surface area contributed by atoms with E-state index in [0.717, 1.165) is 24.8 Å². The molecule has 0 amide bonds. The molecule has 0 spiro atoms. The summed E-state index contributed by atoms with van der Waals surface area (Å²) in [6.45, 7) is 3.76. The van der Waals surface area contributed by atoms with Crippen molar-refractivity contribution in [2.24, 2.45) is 0 Å². The van der Waals surface area contributed by atoms with Gasteiger partial charge in [-0.3, -0.25) is 4.79 Å². The molecule has 0 aromatic heterocycles. The summed E-state index contributed by atoms with van der Waals surface area (Å²) < 4.78 is 5.29. The van der Waals surface area contributed by atoms with Gasteiger partial charge >= 0.3 is 35.5 Å². The SMILES string of the molecule is CCCCCCCC(O)CCC(=O)Oc1ccc(CCC(C)=O)cc1.[H-].[Na+]. The van der Waals surface area contributed by atoms with E-state index in [1.54, 1.807) is 19.1 Å². The monoisotopic (exact) mass is 372 g/mol. The minimum Gasteiger partial charge on any atom is -1.00 e. The molecule has 142 valence electrons. The summed E-state index contributed by atoms with van der Waals surface area (Å²) in [4.78, 5) is 22.8. The zero-order chi connectivity index (χ0) is 18.5. The van der Waals surface area contributed by atoms with Crippen molar-refractivity contribution in [2.45, 2.75) is 84.2 Å². The number of esters is 1. The van der Waals surface area contributed by atoms with E-state index in [2.05, 4.69) is 6.92 Å². The fraction of sp³-hybridized carbons (Fsp3) is 0.619. The van der Waals surface area contributed by atoms with E-state index in [4.69, 9.17) is 4.74 Å². The summed E-state index contributed by atoms with van der Waals surface area (Å²) in [5.74, 6) is 0.353. The summed E-state index contributed by atoms with van der Waals surface area (Å²) in [5, 5.41) is 9.93. The van der Waals surface area contributed by atoms with Gasteiger partial charge in [0.1, 0.15) is 11.5 Å². The molecular weight excluding hydrogens is 339 g/mol. The number of aliphatic hydroxyl groups excluding tert-OH is 1. The number of rotatable bonds is 13. The number of benzene rings is 1. The van der Waals surface area contributed by atoms with Crippen LogP contribution < -0.4 is 34.3 Å². The molecule has 1 rings (SSSR count). The summed E-state index contributed by atoms with van der Waals surface area (Å²) >= 11 is 0. The largest absolute Gasteiger partial charge is 1.00 e. The second-order valence-corrected chi connectivity index (χ2v) is 6.72. The van der Waals surface area contributed by atoms with Crippen molar-refractivity contribution in [2.75, 3.05) is 0 Å². The predicted octanol–water partition coefficient (Wildman–Crippen LogP) is 1.73. The molecule has 1 unspecified atom stereocenters. The molecule has 0 fully saturated rings. The van der Waals surface area contributed by atoms with Gasteiger partial charge in [0.25, 0.3) is 0 Å². The van der Waals surface area contributed by atoms with Crippen LogP contribution in [0.25, 0.3) is 0 Å². The topological polar surface area (TPSA) is 63.6 Å². The van der Waals surface area contributed by atoms with E-state index in [1.807, 2.05) is 12.1 Å². The first kappa shape index (κ1) is 25.3. The average Bonchev–Trinajstić information content (AvgIpc) is 2.59. The van der Waals surface area contributed by atoms with Crippen molar-refractivity contribution in [1.82, 2.24) is 0 Å². The van der Waals surface area contributed by atoms with Crippen LogP contribution in [0.2, 0.25) is 0 Å². The Hall–Kier alpha value is -0.680. The number of aryl methyl sites for hydroxylation is 1. The number of ether oxygens (including phenoxy) is 1. The van der Waals surface area contributed by atoms with E-state index in [1.165, 1.54) is 19.3 Å². The number of hydrogen-bond acceptors (Lipinski definition) is 4. The average molecular weight is 372 g/mol. The van der Waals surface area contributed by atoms with Crippen LogP contribution in [0.15, 0.2) is 24.3 Å². The van der Waals surface area contributed by atoms with Gasteiger partial charge in [0.05, 0.1) is 6.10 Å². The molecule has 1 N–H and O–H groups in total. The van der Waals surface area contributed by atoms with Gasteiger partial charge in [0.15, 0.2) is 0 Å². The first-order valence-electron chi connectivity index (χ1n) is 9.48. The summed E-state index contributed by atoms with van der Waals surface area (Å²) in [7, 11) is 0. The normalized spacial score (nSPS) is 11.5. The number of carbonyl (C=O) groups excluding carboxylic acids is 2. The second-order valence-electron chi connectivity index (χ2n) is 6.72. The van der Waals surface area contributed by atoms with Crippen LogP contribution in [-0.4, -0.2) is 23.0 Å². The van der Waals surface area contributed by atoms with Crippen molar-refractivity contribution < 1.29 is 50.4 Å². The molecule has 0 bridgehead atoms. The molecule has 0 aliphatic carbocycles. The van der Waals surface area contributed by atoms with E-state index >= 15 is 0 Å². The minimum atomic E-state index is -0.428. The van der Waals surface area contributed by atoms with Crippen LogP contribution in [0.3, 0.4) is 0 Å². The van der Waals surface area contributed by atoms with Gasteiger partial charge < -0.3 is 16.1 Å². The third-order valence-corrected chi connectivity index (χ3v) is 4.24. The summed E-state index contributed by atoms with van der Waals surface area (Å²) in [6.07, 6.45) is 8.05. The molecule has 1 atom stereocenters. The first-order valence-corrected chi connectivity index (χ1v) is 9.48. The van der Waals surface area contributed by atoms with Crippen LogP contribution in [0.5, 0.6) is 5.75 Å². The second kappa shape index (κ2) is 15.4. The van der Waals surface area contributed by atoms with Crippen LogP contribution >= 0.6 is 0 Å². The van der Waals surface area contributed by atoms with Gasteiger partial charge in [-0.25, -0.2) is 0 Å². The Balaban J connectivity index is 0. The number of carbonyl (C=O) groups is 2. The molecule has 0 radical (unpaired) electrons. The zero-order valence-corrected chi connectivity index (χ0v) is 18.6. The first-order chi connectivity index (χ1) is 12.0. The summed E-state index contributed by atoms with van der Waals surface area (Å²) in [5.41, 5.74) is 1.05. The molecule has 5 heteroatoms. The molecule has 0 aliphatic heterocycles. The van der Waals surface area contributed by atoms with Crippen molar-refractivity contribution in [3.05, 3.63) is 29.8 Å². The van der Waals surface area contributed by atoms with Gasteiger partial charge in [-0.1, -0.05) is 51.2 Å².